The molecule has 0 radical (unpaired) electrons. The number of aryl methyl sites for hydroxylation is 1. The molecule has 0 aliphatic rings. The Bertz CT molecular complexity index is 444. The maximum atomic E-state index is 5.92. The van der Waals surface area contributed by atoms with E-state index in [0.29, 0.717) is 0 Å². The minimum absolute atomic E-state index is 0.896. The molecule has 0 fully saturated rings. The Morgan fingerprint density at radius 3 is 2.19 bits per heavy atom. The zero-order valence-corrected chi connectivity index (χ0v) is 10.5. The average molecular weight is 215 g/mol. The second-order valence-corrected chi connectivity index (χ2v) is 4.02. The highest BCUT2D eigenvalue weighted by Crippen LogP contribution is 2.23. The van der Waals surface area contributed by atoms with Crippen LogP contribution < -0.4 is 5.73 Å². The fourth-order valence-corrected chi connectivity index (χ4v) is 1.40. The van der Waals surface area contributed by atoms with E-state index in [0.717, 1.165) is 16.6 Å². The van der Waals surface area contributed by atoms with Gasteiger partial charge in [0, 0.05) is 11.1 Å². The van der Waals surface area contributed by atoms with E-state index < -0.39 is 0 Å². The van der Waals surface area contributed by atoms with Gasteiger partial charge in [-0.3, -0.25) is 0 Å². The van der Waals surface area contributed by atoms with Gasteiger partial charge < -0.3 is 5.73 Å². The third-order valence-electron chi connectivity index (χ3n) is 2.69. The number of benzene rings is 2. The number of fused-ring (bicyclic) bond motifs is 1. The van der Waals surface area contributed by atoms with Gasteiger partial charge in [0.1, 0.15) is 0 Å². The summed E-state index contributed by atoms with van der Waals surface area (Å²) in [5, 5.41) is 2.36. The predicted molar refractivity (Wildman–Crippen MR) is 73.7 cm³/mol. The van der Waals surface area contributed by atoms with Gasteiger partial charge in [0.15, 0.2) is 0 Å². The van der Waals surface area contributed by atoms with Crippen LogP contribution in [0.4, 0.5) is 5.69 Å². The van der Waals surface area contributed by atoms with Gasteiger partial charge in [0.2, 0.25) is 0 Å². The van der Waals surface area contributed by atoms with Crippen LogP contribution in [0, 0.1) is 6.92 Å². The molecule has 2 aromatic rings. The molecule has 2 aromatic carbocycles. The van der Waals surface area contributed by atoms with Gasteiger partial charge in [-0.15, -0.1) is 0 Å². The summed E-state index contributed by atoms with van der Waals surface area (Å²) >= 11 is 0. The van der Waals surface area contributed by atoms with Crippen molar-refractivity contribution in [3.05, 3.63) is 42.0 Å². The Balaban J connectivity index is 0.000000280. The molecule has 2 N–H and O–H groups in total. The molecule has 16 heavy (non-hydrogen) atoms. The molecule has 0 atom stereocenters. The summed E-state index contributed by atoms with van der Waals surface area (Å²) in [6.07, 6.45) is 2.64. The molecule has 1 heteroatoms. The number of hydrogen-bond acceptors (Lipinski definition) is 1. The molecular formula is C15H21N. The minimum Gasteiger partial charge on any atom is -0.398 e. The first-order valence-electron chi connectivity index (χ1n) is 5.94. The average Bonchev–Trinajstić information content (AvgIpc) is 2.35. The van der Waals surface area contributed by atoms with Crippen molar-refractivity contribution < 1.29 is 0 Å². The van der Waals surface area contributed by atoms with E-state index in [1.54, 1.807) is 0 Å². The molecule has 0 amide bonds. The van der Waals surface area contributed by atoms with E-state index in [9.17, 15) is 0 Å². The molecule has 86 valence electrons. The molecular weight excluding hydrogens is 194 g/mol. The molecule has 1 nitrogen and oxygen atoms in total. The Kier molecular flexibility index (Phi) is 4.84. The van der Waals surface area contributed by atoms with Crippen LogP contribution in [0.5, 0.6) is 0 Å². The van der Waals surface area contributed by atoms with Crippen LogP contribution in [0.1, 0.15) is 32.3 Å². The number of rotatable bonds is 1. The quantitative estimate of drug-likeness (QED) is 0.694. The van der Waals surface area contributed by atoms with Crippen molar-refractivity contribution in [2.45, 2.75) is 33.6 Å². The van der Waals surface area contributed by atoms with Crippen molar-refractivity contribution >= 4 is 16.5 Å². The number of nitrogens with two attached hydrogens (primary N) is 1. The molecule has 0 heterocycles. The number of nitrogen functional groups attached to an aromatic ring is 1. The Hall–Kier alpha value is -1.50. The number of hydrogen-bond donors (Lipinski definition) is 1. The molecule has 0 aromatic heterocycles. The van der Waals surface area contributed by atoms with Crippen molar-refractivity contribution in [1.82, 2.24) is 0 Å². The molecule has 0 aliphatic heterocycles. The van der Waals surface area contributed by atoms with Crippen molar-refractivity contribution in [1.29, 1.82) is 0 Å². The van der Waals surface area contributed by atoms with Gasteiger partial charge in [-0.25, -0.2) is 0 Å². The van der Waals surface area contributed by atoms with E-state index in [4.69, 9.17) is 5.73 Å². The van der Waals surface area contributed by atoms with E-state index in [1.165, 1.54) is 18.2 Å². The molecule has 0 saturated carbocycles. The maximum absolute atomic E-state index is 5.92. The Labute approximate surface area is 98.3 Å². The van der Waals surface area contributed by atoms with Crippen LogP contribution in [0.2, 0.25) is 0 Å². The molecule has 0 saturated heterocycles. The van der Waals surface area contributed by atoms with Gasteiger partial charge in [0.05, 0.1) is 0 Å². The van der Waals surface area contributed by atoms with Crippen LogP contribution in [0.3, 0.4) is 0 Å². The number of anilines is 1. The van der Waals surface area contributed by atoms with E-state index in [2.05, 4.69) is 38.1 Å². The van der Waals surface area contributed by atoms with Crippen molar-refractivity contribution in [2.24, 2.45) is 0 Å². The summed E-state index contributed by atoms with van der Waals surface area (Å²) in [5.74, 6) is 0. The first-order chi connectivity index (χ1) is 7.70. The highest BCUT2D eigenvalue weighted by atomic mass is 14.6. The topological polar surface area (TPSA) is 26.0 Å². The lowest BCUT2D eigenvalue weighted by Gasteiger charge is -2.03. The zero-order valence-electron chi connectivity index (χ0n) is 10.5. The molecule has 2 rings (SSSR count). The smallest absolute Gasteiger partial charge is 0.0423 e. The normalized spacial score (nSPS) is 9.69. The first-order valence-corrected chi connectivity index (χ1v) is 5.94. The van der Waals surface area contributed by atoms with Crippen molar-refractivity contribution in [2.75, 3.05) is 5.73 Å². The van der Waals surface area contributed by atoms with E-state index >= 15 is 0 Å². The van der Waals surface area contributed by atoms with Crippen LogP contribution >= 0.6 is 0 Å². The van der Waals surface area contributed by atoms with E-state index in [1.807, 2.05) is 19.1 Å². The second-order valence-electron chi connectivity index (χ2n) is 4.02. The predicted octanol–water partition coefficient (Wildman–Crippen LogP) is 4.54. The summed E-state index contributed by atoms with van der Waals surface area (Å²) in [4.78, 5) is 0. The molecule has 0 spiro atoms. The second kappa shape index (κ2) is 6.16. The maximum Gasteiger partial charge on any atom is 0.0423 e. The van der Waals surface area contributed by atoms with Crippen LogP contribution in [0.25, 0.3) is 10.8 Å². The summed E-state index contributed by atoms with van der Waals surface area (Å²) in [5.41, 5.74) is 7.96. The van der Waals surface area contributed by atoms with Gasteiger partial charge in [-0.05, 0) is 17.9 Å². The third-order valence-corrected chi connectivity index (χ3v) is 2.69. The van der Waals surface area contributed by atoms with Crippen molar-refractivity contribution in [3.8, 4) is 0 Å². The van der Waals surface area contributed by atoms with Gasteiger partial charge in [-0.1, -0.05) is 63.1 Å². The Morgan fingerprint density at radius 2 is 1.56 bits per heavy atom. The SMILES string of the molecule is CCCC.Cc1ccc2ccccc2c1N. The minimum atomic E-state index is 0.896. The molecule has 0 aliphatic carbocycles. The number of unbranched alkanes of at least 4 members (excludes halogenated alkanes) is 1. The summed E-state index contributed by atoms with van der Waals surface area (Å²) in [6, 6.07) is 12.3. The Morgan fingerprint density at radius 1 is 0.938 bits per heavy atom. The molecule has 0 unspecified atom stereocenters. The van der Waals surface area contributed by atoms with Gasteiger partial charge in [0.25, 0.3) is 0 Å². The lowest BCUT2D eigenvalue weighted by atomic mass is 10.1. The molecule has 0 bridgehead atoms. The first kappa shape index (κ1) is 12.6. The summed E-state index contributed by atoms with van der Waals surface area (Å²) in [6.45, 7) is 6.39. The standard InChI is InChI=1S/C11H11N.C4H10/c1-8-6-7-9-4-2-3-5-10(9)11(8)12;1-3-4-2/h2-7H,12H2,1H3;3-4H2,1-2H3. The lowest BCUT2D eigenvalue weighted by molar-refractivity contribution is 0.886. The summed E-state index contributed by atoms with van der Waals surface area (Å²) < 4.78 is 0. The van der Waals surface area contributed by atoms with E-state index in [-0.39, 0.29) is 0 Å². The van der Waals surface area contributed by atoms with Crippen LogP contribution in [0.15, 0.2) is 36.4 Å². The lowest BCUT2D eigenvalue weighted by Crippen LogP contribution is -1.90. The van der Waals surface area contributed by atoms with Crippen LogP contribution in [-0.4, -0.2) is 0 Å². The van der Waals surface area contributed by atoms with Gasteiger partial charge >= 0.3 is 0 Å². The monoisotopic (exact) mass is 215 g/mol. The zero-order chi connectivity index (χ0) is 12.0. The fraction of sp³-hybridized carbons (Fsp3) is 0.333. The van der Waals surface area contributed by atoms with Crippen molar-refractivity contribution in [3.63, 3.8) is 0 Å². The largest absolute Gasteiger partial charge is 0.398 e. The highest BCUT2D eigenvalue weighted by Gasteiger charge is 1.98. The fourth-order valence-electron chi connectivity index (χ4n) is 1.40. The highest BCUT2D eigenvalue weighted by molar-refractivity contribution is 5.94. The van der Waals surface area contributed by atoms with Crippen LogP contribution in [-0.2, 0) is 0 Å². The van der Waals surface area contributed by atoms with Gasteiger partial charge in [-0.2, -0.15) is 0 Å². The third kappa shape index (κ3) is 2.99. The summed E-state index contributed by atoms with van der Waals surface area (Å²) in [7, 11) is 0.